The molecule has 1 aromatic heterocycles. The third-order valence-electron chi connectivity index (χ3n) is 4.04. The Bertz CT molecular complexity index is 892. The van der Waals surface area contributed by atoms with Crippen molar-refractivity contribution in [3.63, 3.8) is 0 Å². The summed E-state index contributed by atoms with van der Waals surface area (Å²) < 4.78 is 10.7. The predicted molar refractivity (Wildman–Crippen MR) is 104 cm³/mol. The quantitative estimate of drug-likeness (QED) is 0.677. The van der Waals surface area contributed by atoms with E-state index in [2.05, 4.69) is 46.6 Å². The molecule has 26 heavy (non-hydrogen) atoms. The Labute approximate surface area is 153 Å². The third kappa shape index (κ3) is 3.85. The van der Waals surface area contributed by atoms with Crippen LogP contribution in [0.1, 0.15) is 11.1 Å². The van der Waals surface area contributed by atoms with Crippen LogP contribution in [0.3, 0.4) is 0 Å². The second-order valence-corrected chi connectivity index (χ2v) is 5.85. The van der Waals surface area contributed by atoms with Crippen LogP contribution in [0.25, 0.3) is 0 Å². The van der Waals surface area contributed by atoms with Gasteiger partial charge in [-0.15, -0.1) is 0 Å². The van der Waals surface area contributed by atoms with Crippen LogP contribution in [-0.4, -0.2) is 24.2 Å². The highest BCUT2D eigenvalue weighted by Crippen LogP contribution is 2.31. The number of anilines is 4. The average Bonchev–Trinajstić information content (AvgIpc) is 2.65. The Morgan fingerprint density at radius 1 is 0.885 bits per heavy atom. The predicted octanol–water partition coefficient (Wildman–Crippen LogP) is 4.60. The van der Waals surface area contributed by atoms with Gasteiger partial charge >= 0.3 is 0 Å². The van der Waals surface area contributed by atoms with Crippen molar-refractivity contribution < 1.29 is 9.47 Å². The van der Waals surface area contributed by atoms with Gasteiger partial charge in [-0.05, 0) is 43.2 Å². The molecule has 2 aromatic carbocycles. The molecule has 0 radical (unpaired) electrons. The lowest BCUT2D eigenvalue weighted by Gasteiger charge is -2.14. The molecular formula is C20H22N4O2. The van der Waals surface area contributed by atoms with Gasteiger partial charge in [-0.25, -0.2) is 4.98 Å². The minimum absolute atomic E-state index is 0.466. The third-order valence-corrected chi connectivity index (χ3v) is 4.04. The molecule has 0 aliphatic heterocycles. The van der Waals surface area contributed by atoms with E-state index in [1.165, 1.54) is 0 Å². The van der Waals surface area contributed by atoms with Crippen LogP contribution in [0.5, 0.6) is 11.5 Å². The van der Waals surface area contributed by atoms with Crippen molar-refractivity contribution in [3.8, 4) is 11.5 Å². The number of hydrogen-bond donors (Lipinski definition) is 2. The normalized spacial score (nSPS) is 10.3. The molecule has 0 fully saturated rings. The van der Waals surface area contributed by atoms with Crippen molar-refractivity contribution in [1.82, 2.24) is 9.97 Å². The maximum absolute atomic E-state index is 5.39. The molecule has 0 atom stereocenters. The standard InChI is InChI=1S/C20H22N4O2/c1-13-6-5-7-14(2)19(13)23-18-10-11-21-20(24-18)22-16-12-15(25-3)8-9-17(16)26-4/h5-12H,1-4H3,(H2,21,22,23,24). The summed E-state index contributed by atoms with van der Waals surface area (Å²) in [5.74, 6) is 2.58. The van der Waals surface area contributed by atoms with Gasteiger partial charge in [-0.2, -0.15) is 4.98 Å². The van der Waals surface area contributed by atoms with Crippen LogP contribution in [0.4, 0.5) is 23.1 Å². The van der Waals surface area contributed by atoms with Crippen molar-refractivity contribution >= 4 is 23.1 Å². The fourth-order valence-corrected chi connectivity index (χ4v) is 2.66. The number of methoxy groups -OCH3 is 2. The second kappa shape index (κ2) is 7.74. The molecule has 0 bridgehead atoms. The molecule has 0 saturated heterocycles. The van der Waals surface area contributed by atoms with Crippen LogP contribution in [-0.2, 0) is 0 Å². The molecule has 0 unspecified atom stereocenters. The summed E-state index contributed by atoms with van der Waals surface area (Å²) in [6.07, 6.45) is 1.71. The second-order valence-electron chi connectivity index (χ2n) is 5.85. The monoisotopic (exact) mass is 350 g/mol. The van der Waals surface area contributed by atoms with Crippen LogP contribution < -0.4 is 20.1 Å². The van der Waals surface area contributed by atoms with Crippen LogP contribution in [0.2, 0.25) is 0 Å². The van der Waals surface area contributed by atoms with E-state index in [4.69, 9.17) is 9.47 Å². The van der Waals surface area contributed by atoms with Crippen molar-refractivity contribution in [1.29, 1.82) is 0 Å². The fourth-order valence-electron chi connectivity index (χ4n) is 2.66. The molecular weight excluding hydrogens is 328 g/mol. The number of aryl methyl sites for hydroxylation is 2. The van der Waals surface area contributed by atoms with Crippen molar-refractivity contribution in [3.05, 3.63) is 59.8 Å². The van der Waals surface area contributed by atoms with Gasteiger partial charge in [-0.3, -0.25) is 0 Å². The zero-order chi connectivity index (χ0) is 18.5. The maximum atomic E-state index is 5.39. The smallest absolute Gasteiger partial charge is 0.229 e. The lowest BCUT2D eigenvalue weighted by atomic mass is 10.1. The zero-order valence-electron chi connectivity index (χ0n) is 15.3. The molecule has 3 rings (SSSR count). The highest BCUT2D eigenvalue weighted by Gasteiger charge is 2.09. The van der Waals surface area contributed by atoms with E-state index in [-0.39, 0.29) is 0 Å². The largest absolute Gasteiger partial charge is 0.497 e. The fraction of sp³-hybridized carbons (Fsp3) is 0.200. The first-order valence-electron chi connectivity index (χ1n) is 8.26. The van der Waals surface area contributed by atoms with Crippen molar-refractivity contribution in [2.24, 2.45) is 0 Å². The molecule has 6 heteroatoms. The van der Waals surface area contributed by atoms with Crippen LogP contribution in [0, 0.1) is 13.8 Å². The number of nitrogens with zero attached hydrogens (tertiary/aromatic N) is 2. The van der Waals surface area contributed by atoms with E-state index >= 15 is 0 Å². The number of aromatic nitrogens is 2. The maximum Gasteiger partial charge on any atom is 0.229 e. The molecule has 0 amide bonds. The Kier molecular flexibility index (Phi) is 5.22. The Balaban J connectivity index is 1.86. The number of nitrogens with one attached hydrogen (secondary N) is 2. The summed E-state index contributed by atoms with van der Waals surface area (Å²) in [4.78, 5) is 8.84. The van der Waals surface area contributed by atoms with Crippen molar-refractivity contribution in [2.45, 2.75) is 13.8 Å². The molecule has 0 spiro atoms. The van der Waals surface area contributed by atoms with Gasteiger partial charge in [0.15, 0.2) is 0 Å². The van der Waals surface area contributed by atoms with E-state index < -0.39 is 0 Å². The first kappa shape index (κ1) is 17.5. The topological polar surface area (TPSA) is 68.3 Å². The summed E-state index contributed by atoms with van der Waals surface area (Å²) in [5.41, 5.74) is 4.10. The molecule has 134 valence electrons. The molecule has 6 nitrogen and oxygen atoms in total. The molecule has 2 N–H and O–H groups in total. The number of ether oxygens (including phenoxy) is 2. The molecule has 1 heterocycles. The van der Waals surface area contributed by atoms with Gasteiger partial charge in [0.2, 0.25) is 5.95 Å². The Hall–Kier alpha value is -3.28. The SMILES string of the molecule is COc1ccc(OC)c(Nc2nccc(Nc3c(C)cccc3C)n2)c1. The van der Waals surface area contributed by atoms with Gasteiger partial charge in [-0.1, -0.05) is 18.2 Å². The number of rotatable bonds is 6. The molecule has 3 aromatic rings. The zero-order valence-corrected chi connectivity index (χ0v) is 15.3. The van der Waals surface area contributed by atoms with Gasteiger partial charge in [0.25, 0.3) is 0 Å². The number of para-hydroxylation sites is 1. The van der Waals surface area contributed by atoms with Gasteiger partial charge in [0.1, 0.15) is 17.3 Å². The summed E-state index contributed by atoms with van der Waals surface area (Å²) in [7, 11) is 3.24. The molecule has 0 saturated carbocycles. The Morgan fingerprint density at radius 2 is 1.65 bits per heavy atom. The van der Waals surface area contributed by atoms with E-state index in [9.17, 15) is 0 Å². The highest BCUT2D eigenvalue weighted by atomic mass is 16.5. The summed E-state index contributed by atoms with van der Waals surface area (Å²) >= 11 is 0. The first-order chi connectivity index (χ1) is 12.6. The lowest BCUT2D eigenvalue weighted by molar-refractivity contribution is 0.405. The summed E-state index contributed by atoms with van der Waals surface area (Å²) in [6.45, 7) is 4.13. The molecule has 0 aliphatic carbocycles. The lowest BCUT2D eigenvalue weighted by Crippen LogP contribution is -2.03. The van der Waals surface area contributed by atoms with E-state index in [1.54, 1.807) is 20.4 Å². The molecule has 0 aliphatic rings. The average molecular weight is 350 g/mol. The minimum atomic E-state index is 0.466. The van der Waals surface area contributed by atoms with Gasteiger partial charge in [0, 0.05) is 18.0 Å². The Morgan fingerprint density at radius 3 is 2.35 bits per heavy atom. The number of benzene rings is 2. The first-order valence-corrected chi connectivity index (χ1v) is 8.26. The minimum Gasteiger partial charge on any atom is -0.497 e. The summed E-state index contributed by atoms with van der Waals surface area (Å²) in [5, 5.41) is 6.56. The van der Waals surface area contributed by atoms with E-state index in [1.807, 2.05) is 30.3 Å². The van der Waals surface area contributed by atoms with E-state index in [0.717, 1.165) is 28.3 Å². The van der Waals surface area contributed by atoms with Crippen molar-refractivity contribution in [2.75, 3.05) is 24.9 Å². The van der Waals surface area contributed by atoms with Crippen LogP contribution in [0.15, 0.2) is 48.7 Å². The van der Waals surface area contributed by atoms with Gasteiger partial charge in [0.05, 0.1) is 19.9 Å². The highest BCUT2D eigenvalue weighted by molar-refractivity contribution is 5.67. The van der Waals surface area contributed by atoms with Gasteiger partial charge < -0.3 is 20.1 Å². The summed E-state index contributed by atoms with van der Waals surface area (Å²) in [6, 6.07) is 13.5. The van der Waals surface area contributed by atoms with E-state index in [0.29, 0.717) is 17.5 Å². The van der Waals surface area contributed by atoms with Crippen LogP contribution >= 0.6 is 0 Å². The number of hydrogen-bond acceptors (Lipinski definition) is 6.